The van der Waals surface area contributed by atoms with Crippen LogP contribution in [-0.4, -0.2) is 0 Å². The predicted molar refractivity (Wildman–Crippen MR) is 60.6 cm³/mol. The van der Waals surface area contributed by atoms with Crippen molar-refractivity contribution in [1.82, 2.24) is 0 Å². The molecule has 4 nitrogen and oxygen atoms in total. The summed E-state index contributed by atoms with van der Waals surface area (Å²) >= 11 is 0. The third-order valence-corrected chi connectivity index (χ3v) is 1.84. The van der Waals surface area contributed by atoms with E-state index >= 15 is 0 Å². The third-order valence-electron chi connectivity index (χ3n) is 1.84. The molecule has 0 atom stereocenters. The van der Waals surface area contributed by atoms with Gasteiger partial charge in [-0.3, -0.25) is 0 Å². The number of rotatable bonds is 0. The molecule has 0 bridgehead atoms. The minimum absolute atomic E-state index is 0. The Morgan fingerprint density at radius 2 is 0.941 bits per heavy atom. The van der Waals surface area contributed by atoms with E-state index in [-0.39, 0.29) is 31.0 Å². The molecule has 0 radical (unpaired) electrons. The number of anilines is 2. The average Bonchev–Trinajstić information content (AvgIpc) is 2.28. The summed E-state index contributed by atoms with van der Waals surface area (Å²) in [6.07, 6.45) is 0. The summed E-state index contributed by atoms with van der Waals surface area (Å²) in [5.74, 6) is -0.208. The van der Waals surface area contributed by atoms with E-state index in [9.17, 15) is 10.2 Å². The van der Waals surface area contributed by atoms with Gasteiger partial charge in [-0.1, -0.05) is 47.9 Å². The van der Waals surface area contributed by atoms with Gasteiger partial charge in [0.05, 0.1) is 0 Å². The summed E-state index contributed by atoms with van der Waals surface area (Å²) in [6.45, 7) is 0. The first-order valence-electron chi connectivity index (χ1n) is 4.64. The number of nitrogens with two attached hydrogens (primary N) is 2. The van der Waals surface area contributed by atoms with Crippen LogP contribution in [0.5, 0.6) is 11.5 Å². The van der Waals surface area contributed by atoms with Gasteiger partial charge in [0.25, 0.3) is 0 Å². The van der Waals surface area contributed by atoms with Gasteiger partial charge in [-0.15, -0.1) is 0 Å². The smallest absolute Gasteiger partial charge is 0.871 e. The first kappa shape index (κ1) is 15.3. The third kappa shape index (κ3) is 5.22. The van der Waals surface area contributed by atoms with Crippen molar-refractivity contribution in [3.63, 3.8) is 0 Å². The standard InChI is InChI=1S/2C6H7NO.Zn/c2*7-5-3-1-2-4-6(5)8;/h2*1-4,8H,7H2;/q;;+2/p-2. The Bertz CT molecular complexity index is 378. The van der Waals surface area contributed by atoms with Gasteiger partial charge >= 0.3 is 19.5 Å². The quantitative estimate of drug-likeness (QED) is 0.548. The van der Waals surface area contributed by atoms with Crippen molar-refractivity contribution < 1.29 is 29.7 Å². The SMILES string of the molecule is Nc1ccccc1[O-].Nc1ccccc1[O-].[Zn+2]. The van der Waals surface area contributed by atoms with Crippen LogP contribution < -0.4 is 21.7 Å². The van der Waals surface area contributed by atoms with Crippen molar-refractivity contribution in [3.8, 4) is 11.5 Å². The van der Waals surface area contributed by atoms with Gasteiger partial charge in [0.2, 0.25) is 0 Å². The van der Waals surface area contributed by atoms with Crippen LogP contribution in [0.1, 0.15) is 0 Å². The Morgan fingerprint density at radius 3 is 1.12 bits per heavy atom. The molecule has 0 amide bonds. The topological polar surface area (TPSA) is 98.2 Å². The molecule has 0 heterocycles. The molecule has 2 aromatic rings. The monoisotopic (exact) mass is 280 g/mol. The predicted octanol–water partition coefficient (Wildman–Crippen LogP) is 0.682. The second-order valence-electron chi connectivity index (χ2n) is 3.08. The summed E-state index contributed by atoms with van der Waals surface area (Å²) in [4.78, 5) is 0. The molecule has 5 heteroatoms. The molecule has 2 aromatic carbocycles. The van der Waals surface area contributed by atoms with Gasteiger partial charge in [-0.05, 0) is 12.1 Å². The summed E-state index contributed by atoms with van der Waals surface area (Å²) in [6, 6.07) is 12.8. The minimum Gasteiger partial charge on any atom is -0.871 e. The molecule has 4 N–H and O–H groups in total. The summed E-state index contributed by atoms with van der Waals surface area (Å²) in [7, 11) is 0. The maximum Gasteiger partial charge on any atom is 2.00 e. The van der Waals surface area contributed by atoms with E-state index in [0.717, 1.165) is 0 Å². The number of hydrogen-bond donors (Lipinski definition) is 2. The first-order chi connectivity index (χ1) is 7.61. The molecule has 0 saturated carbocycles. The van der Waals surface area contributed by atoms with Gasteiger partial charge in [-0.25, -0.2) is 0 Å². The fourth-order valence-electron chi connectivity index (χ4n) is 0.961. The zero-order valence-corrected chi connectivity index (χ0v) is 12.3. The van der Waals surface area contributed by atoms with Gasteiger partial charge in [-0.2, -0.15) is 0 Å². The van der Waals surface area contributed by atoms with Crippen LogP contribution in [0.25, 0.3) is 0 Å². The normalized spacial score (nSPS) is 8.47. The van der Waals surface area contributed by atoms with Crippen LogP contribution in [0.2, 0.25) is 0 Å². The summed E-state index contributed by atoms with van der Waals surface area (Å²) in [5.41, 5.74) is 11.0. The Hall–Kier alpha value is -1.74. The zero-order chi connectivity index (χ0) is 12.0. The van der Waals surface area contributed by atoms with E-state index in [4.69, 9.17) is 11.5 Å². The largest absolute Gasteiger partial charge is 2.00 e. The van der Waals surface area contributed by atoms with E-state index < -0.39 is 0 Å². The maximum atomic E-state index is 10.5. The Labute approximate surface area is 113 Å². The summed E-state index contributed by atoms with van der Waals surface area (Å²) in [5, 5.41) is 21.0. The Balaban J connectivity index is 0.000000284. The van der Waals surface area contributed by atoms with Crippen molar-refractivity contribution in [3.05, 3.63) is 48.5 Å². The van der Waals surface area contributed by atoms with Gasteiger partial charge in [0.15, 0.2) is 0 Å². The van der Waals surface area contributed by atoms with Crippen LogP contribution in [0.3, 0.4) is 0 Å². The average molecular weight is 282 g/mol. The van der Waals surface area contributed by atoms with Crippen LogP contribution in [0.4, 0.5) is 11.4 Å². The Morgan fingerprint density at radius 1 is 0.647 bits per heavy atom. The second kappa shape index (κ2) is 7.52. The number of nitrogen functional groups attached to an aromatic ring is 2. The summed E-state index contributed by atoms with van der Waals surface area (Å²) < 4.78 is 0. The van der Waals surface area contributed by atoms with E-state index in [1.54, 1.807) is 36.4 Å². The number of hydrogen-bond acceptors (Lipinski definition) is 4. The molecule has 2 rings (SSSR count). The van der Waals surface area contributed by atoms with E-state index in [2.05, 4.69) is 0 Å². The van der Waals surface area contributed by atoms with Crippen molar-refractivity contribution >= 4 is 11.4 Å². The minimum atomic E-state index is -0.104. The first-order valence-corrected chi connectivity index (χ1v) is 4.64. The van der Waals surface area contributed by atoms with Crippen LogP contribution in [0.15, 0.2) is 48.5 Å². The Kier molecular flexibility index (Phi) is 6.75. The zero-order valence-electron chi connectivity index (χ0n) is 9.30. The molecule has 0 aliphatic rings. The van der Waals surface area contributed by atoms with Crippen molar-refractivity contribution in [1.29, 1.82) is 0 Å². The molecule has 0 aromatic heterocycles. The molecule has 0 fully saturated rings. The molecular weight excluding hydrogens is 270 g/mol. The maximum absolute atomic E-state index is 10.5. The molecule has 0 spiro atoms. The molecule has 0 unspecified atom stereocenters. The fraction of sp³-hybridized carbons (Fsp3) is 0. The molecule has 17 heavy (non-hydrogen) atoms. The molecule has 0 saturated heterocycles. The fourth-order valence-corrected chi connectivity index (χ4v) is 0.961. The molecule has 0 aliphatic heterocycles. The second-order valence-corrected chi connectivity index (χ2v) is 3.08. The molecule has 0 aliphatic carbocycles. The van der Waals surface area contributed by atoms with Gasteiger partial charge in [0, 0.05) is 11.4 Å². The van der Waals surface area contributed by atoms with Crippen molar-refractivity contribution in [2.75, 3.05) is 11.5 Å². The van der Waals surface area contributed by atoms with Crippen LogP contribution in [-0.2, 0) is 19.5 Å². The van der Waals surface area contributed by atoms with Crippen molar-refractivity contribution in [2.24, 2.45) is 0 Å². The van der Waals surface area contributed by atoms with Crippen LogP contribution in [0, 0.1) is 0 Å². The van der Waals surface area contributed by atoms with E-state index in [1.165, 1.54) is 12.1 Å². The van der Waals surface area contributed by atoms with Gasteiger partial charge < -0.3 is 21.7 Å². The number of para-hydroxylation sites is 4. The van der Waals surface area contributed by atoms with E-state index in [1.807, 2.05) is 0 Å². The van der Waals surface area contributed by atoms with Gasteiger partial charge in [0.1, 0.15) is 0 Å². The van der Waals surface area contributed by atoms with E-state index in [0.29, 0.717) is 11.4 Å². The van der Waals surface area contributed by atoms with Crippen LogP contribution >= 0.6 is 0 Å². The van der Waals surface area contributed by atoms with Crippen molar-refractivity contribution in [2.45, 2.75) is 0 Å². The molecular formula is C12H12N2O2Zn. The molecule has 84 valence electrons. The number of benzene rings is 2.